The van der Waals surface area contributed by atoms with Gasteiger partial charge < -0.3 is 5.32 Å². The molecule has 2 nitrogen and oxygen atoms in total. The number of benzene rings is 1. The van der Waals surface area contributed by atoms with Gasteiger partial charge in [-0.05, 0) is 24.4 Å². The van der Waals surface area contributed by atoms with E-state index in [9.17, 15) is 0 Å². The Morgan fingerprint density at radius 1 is 1.18 bits per heavy atom. The van der Waals surface area contributed by atoms with E-state index in [1.165, 1.54) is 37.9 Å². The molecule has 1 saturated heterocycles. The van der Waals surface area contributed by atoms with Crippen LogP contribution in [0.5, 0.6) is 0 Å². The number of piperazine rings is 1. The summed E-state index contributed by atoms with van der Waals surface area (Å²) in [6, 6.07) is 11.5. The average molecular weight is 230 g/mol. The summed E-state index contributed by atoms with van der Waals surface area (Å²) in [4.78, 5) is 2.67. The van der Waals surface area contributed by atoms with Crippen molar-refractivity contribution in [1.29, 1.82) is 0 Å². The van der Waals surface area contributed by atoms with Crippen LogP contribution in [0.4, 0.5) is 0 Å². The lowest BCUT2D eigenvalue weighted by molar-refractivity contribution is 0.157. The highest BCUT2D eigenvalue weighted by atomic mass is 15.2. The van der Waals surface area contributed by atoms with E-state index >= 15 is 0 Å². The van der Waals surface area contributed by atoms with Crippen molar-refractivity contribution in [3.63, 3.8) is 0 Å². The highest BCUT2D eigenvalue weighted by Crippen LogP contribution is 2.33. The summed E-state index contributed by atoms with van der Waals surface area (Å²) in [5, 5.41) is 3.52. The highest BCUT2D eigenvalue weighted by molar-refractivity contribution is 5.20. The molecule has 1 heterocycles. The highest BCUT2D eigenvalue weighted by Gasteiger charge is 2.26. The molecule has 2 aliphatic rings. The Bertz CT molecular complexity index is 345. The molecule has 92 valence electrons. The van der Waals surface area contributed by atoms with Crippen LogP contribution < -0.4 is 5.32 Å². The molecule has 0 bridgehead atoms. The summed E-state index contributed by atoms with van der Waals surface area (Å²) in [5.41, 5.74) is 1.47. The van der Waals surface area contributed by atoms with Gasteiger partial charge in [0.2, 0.25) is 0 Å². The molecule has 1 aromatic carbocycles. The Balaban J connectivity index is 1.66. The summed E-state index contributed by atoms with van der Waals surface area (Å²) < 4.78 is 0. The van der Waals surface area contributed by atoms with Crippen molar-refractivity contribution in [1.82, 2.24) is 10.2 Å². The number of hydrogen-bond donors (Lipinski definition) is 1. The van der Waals surface area contributed by atoms with Gasteiger partial charge in [0.1, 0.15) is 0 Å². The Labute approximate surface area is 104 Å². The Morgan fingerprint density at radius 2 is 2.00 bits per heavy atom. The monoisotopic (exact) mass is 230 g/mol. The van der Waals surface area contributed by atoms with Gasteiger partial charge in [-0.25, -0.2) is 0 Å². The molecule has 2 fully saturated rings. The van der Waals surface area contributed by atoms with Crippen molar-refractivity contribution in [3.8, 4) is 0 Å². The predicted molar refractivity (Wildman–Crippen MR) is 71.0 cm³/mol. The van der Waals surface area contributed by atoms with Gasteiger partial charge in [-0.1, -0.05) is 43.2 Å². The lowest BCUT2D eigenvalue weighted by Gasteiger charge is -2.36. The minimum atomic E-state index is 0.587. The van der Waals surface area contributed by atoms with Gasteiger partial charge in [-0.2, -0.15) is 0 Å². The van der Waals surface area contributed by atoms with Gasteiger partial charge in [-0.3, -0.25) is 4.90 Å². The van der Waals surface area contributed by atoms with Gasteiger partial charge >= 0.3 is 0 Å². The zero-order valence-corrected chi connectivity index (χ0v) is 10.4. The van der Waals surface area contributed by atoms with E-state index in [1.807, 2.05) is 0 Å². The average Bonchev–Trinajstić information content (AvgIpc) is 3.22. The van der Waals surface area contributed by atoms with Gasteiger partial charge in [-0.15, -0.1) is 0 Å². The van der Waals surface area contributed by atoms with Crippen LogP contribution in [0.3, 0.4) is 0 Å². The second-order valence-corrected chi connectivity index (χ2v) is 5.40. The summed E-state index contributed by atoms with van der Waals surface area (Å²) in [5.74, 6) is 1.04. The van der Waals surface area contributed by atoms with Crippen molar-refractivity contribution in [3.05, 3.63) is 35.9 Å². The molecule has 1 aliphatic carbocycles. The fourth-order valence-electron chi connectivity index (χ4n) is 2.77. The van der Waals surface area contributed by atoms with E-state index in [2.05, 4.69) is 40.5 Å². The zero-order valence-electron chi connectivity index (χ0n) is 10.4. The molecule has 1 atom stereocenters. The molecule has 0 amide bonds. The molecule has 2 heteroatoms. The molecule has 0 radical (unpaired) electrons. The lowest BCUT2D eigenvalue weighted by atomic mass is 10.0. The van der Waals surface area contributed by atoms with E-state index in [1.54, 1.807) is 0 Å². The van der Waals surface area contributed by atoms with Crippen LogP contribution in [-0.4, -0.2) is 31.1 Å². The minimum absolute atomic E-state index is 0.587. The molecule has 1 N–H and O–H groups in total. The standard InChI is InChI=1S/C15H22N2/c1-2-4-14(5-3-1)15-12-16-9-11-17(15)10-8-13-6-7-13/h1-5,13,15-16H,6-12H2. The second-order valence-electron chi connectivity index (χ2n) is 5.40. The maximum atomic E-state index is 3.52. The third kappa shape index (κ3) is 2.88. The number of nitrogens with one attached hydrogen (secondary N) is 1. The Morgan fingerprint density at radius 3 is 2.76 bits per heavy atom. The molecule has 1 unspecified atom stereocenters. The van der Waals surface area contributed by atoms with Crippen LogP contribution in [0.1, 0.15) is 30.9 Å². The third-order valence-corrected chi connectivity index (χ3v) is 4.06. The van der Waals surface area contributed by atoms with E-state index in [4.69, 9.17) is 0 Å². The predicted octanol–water partition coefficient (Wildman–Crippen LogP) is 2.43. The van der Waals surface area contributed by atoms with Crippen molar-refractivity contribution < 1.29 is 0 Å². The number of hydrogen-bond acceptors (Lipinski definition) is 2. The van der Waals surface area contributed by atoms with E-state index in [0.717, 1.165) is 19.0 Å². The molecule has 17 heavy (non-hydrogen) atoms. The van der Waals surface area contributed by atoms with Crippen LogP contribution in [0.2, 0.25) is 0 Å². The number of nitrogens with zero attached hydrogens (tertiary/aromatic N) is 1. The van der Waals surface area contributed by atoms with E-state index in [0.29, 0.717) is 6.04 Å². The minimum Gasteiger partial charge on any atom is -0.314 e. The largest absolute Gasteiger partial charge is 0.314 e. The van der Waals surface area contributed by atoms with Crippen LogP contribution >= 0.6 is 0 Å². The maximum Gasteiger partial charge on any atom is 0.0473 e. The first kappa shape index (κ1) is 11.2. The van der Waals surface area contributed by atoms with Gasteiger partial charge in [0.05, 0.1) is 0 Å². The topological polar surface area (TPSA) is 15.3 Å². The van der Waals surface area contributed by atoms with Crippen molar-refractivity contribution in [2.45, 2.75) is 25.3 Å². The molecule has 1 aromatic rings. The normalized spacial score (nSPS) is 26.0. The van der Waals surface area contributed by atoms with Crippen LogP contribution in [-0.2, 0) is 0 Å². The summed E-state index contributed by atoms with van der Waals surface area (Å²) in [6.07, 6.45) is 4.35. The van der Waals surface area contributed by atoms with Gasteiger partial charge in [0.25, 0.3) is 0 Å². The maximum absolute atomic E-state index is 3.52. The fourth-order valence-corrected chi connectivity index (χ4v) is 2.77. The Hall–Kier alpha value is -0.860. The Kier molecular flexibility index (Phi) is 3.44. The molecular weight excluding hydrogens is 208 g/mol. The smallest absolute Gasteiger partial charge is 0.0473 e. The molecule has 1 aliphatic heterocycles. The SMILES string of the molecule is c1ccc(C2CNCCN2CCC2CC2)cc1. The van der Waals surface area contributed by atoms with Crippen molar-refractivity contribution >= 4 is 0 Å². The third-order valence-electron chi connectivity index (χ3n) is 4.06. The molecule has 1 saturated carbocycles. The fraction of sp³-hybridized carbons (Fsp3) is 0.600. The molecule has 0 spiro atoms. The lowest BCUT2D eigenvalue weighted by Crippen LogP contribution is -2.46. The molecule has 3 rings (SSSR count). The first-order valence-electron chi connectivity index (χ1n) is 6.93. The first-order valence-corrected chi connectivity index (χ1v) is 6.93. The zero-order chi connectivity index (χ0) is 11.5. The number of rotatable bonds is 4. The van der Waals surface area contributed by atoms with E-state index in [-0.39, 0.29) is 0 Å². The van der Waals surface area contributed by atoms with Gasteiger partial charge in [0.15, 0.2) is 0 Å². The quantitative estimate of drug-likeness (QED) is 0.854. The van der Waals surface area contributed by atoms with Crippen molar-refractivity contribution in [2.24, 2.45) is 5.92 Å². The van der Waals surface area contributed by atoms with Crippen LogP contribution in [0, 0.1) is 5.92 Å². The summed E-state index contributed by atoms with van der Waals surface area (Å²) in [7, 11) is 0. The molecule has 0 aromatic heterocycles. The van der Waals surface area contributed by atoms with Gasteiger partial charge in [0, 0.05) is 25.7 Å². The summed E-state index contributed by atoms with van der Waals surface area (Å²) >= 11 is 0. The molecular formula is C15H22N2. The summed E-state index contributed by atoms with van der Waals surface area (Å²) in [6.45, 7) is 4.74. The first-order chi connectivity index (χ1) is 8.43. The van der Waals surface area contributed by atoms with Crippen molar-refractivity contribution in [2.75, 3.05) is 26.2 Å². The van der Waals surface area contributed by atoms with Crippen LogP contribution in [0.15, 0.2) is 30.3 Å². The second kappa shape index (κ2) is 5.19. The van der Waals surface area contributed by atoms with Crippen LogP contribution in [0.25, 0.3) is 0 Å². The van der Waals surface area contributed by atoms with E-state index < -0.39 is 0 Å².